The summed E-state index contributed by atoms with van der Waals surface area (Å²) < 4.78 is 4.85. The molecular weight excluding hydrogens is 328 g/mol. The normalized spacial score (nSPS) is 9.96. The quantitative estimate of drug-likeness (QED) is 0.373. The number of esters is 1. The zero-order valence-corrected chi connectivity index (χ0v) is 13.2. The van der Waals surface area contributed by atoms with Crippen molar-refractivity contribution in [1.29, 1.82) is 0 Å². The molecule has 2 aromatic rings. The van der Waals surface area contributed by atoms with E-state index in [-0.39, 0.29) is 17.0 Å². The highest BCUT2D eigenvalue weighted by Crippen LogP contribution is 2.13. The van der Waals surface area contributed by atoms with Crippen LogP contribution in [0.25, 0.3) is 0 Å². The minimum absolute atomic E-state index is 0.0944. The van der Waals surface area contributed by atoms with Gasteiger partial charge in [-0.1, -0.05) is 12.1 Å². The van der Waals surface area contributed by atoms with Crippen LogP contribution >= 0.6 is 0 Å². The summed E-state index contributed by atoms with van der Waals surface area (Å²) in [6.45, 7) is 0.882. The van der Waals surface area contributed by atoms with Gasteiger partial charge in [-0.05, 0) is 31.2 Å². The average Bonchev–Trinajstić information content (AvgIpc) is 2.60. The van der Waals surface area contributed by atoms with Gasteiger partial charge in [0.05, 0.1) is 10.5 Å². The number of nitro groups is 1. The lowest BCUT2D eigenvalue weighted by atomic mass is 10.1. The van der Waals surface area contributed by atoms with E-state index in [1.165, 1.54) is 37.3 Å². The van der Waals surface area contributed by atoms with E-state index in [9.17, 15) is 24.5 Å². The summed E-state index contributed by atoms with van der Waals surface area (Å²) in [6.07, 6.45) is 0. The van der Waals surface area contributed by atoms with Gasteiger partial charge < -0.3 is 10.1 Å². The Morgan fingerprint density at radius 2 is 1.76 bits per heavy atom. The van der Waals surface area contributed by atoms with Crippen LogP contribution in [-0.4, -0.2) is 29.2 Å². The van der Waals surface area contributed by atoms with Crippen LogP contribution < -0.4 is 5.32 Å². The second-order valence-corrected chi connectivity index (χ2v) is 5.07. The summed E-state index contributed by atoms with van der Waals surface area (Å²) in [5, 5.41) is 13.1. The smallest absolute Gasteiger partial charge is 0.338 e. The van der Waals surface area contributed by atoms with Crippen LogP contribution in [0.4, 0.5) is 11.4 Å². The topological polar surface area (TPSA) is 116 Å². The standard InChI is InChI=1S/C17H14N2O6/c1-11(20)13-3-2-4-14(9-13)18-16(21)10-25-17(22)12-5-7-15(8-6-12)19(23)24/h2-9H,10H2,1H3,(H,18,21). The number of benzene rings is 2. The van der Waals surface area contributed by atoms with Gasteiger partial charge >= 0.3 is 5.97 Å². The highest BCUT2D eigenvalue weighted by atomic mass is 16.6. The van der Waals surface area contributed by atoms with Crippen molar-refractivity contribution in [1.82, 2.24) is 0 Å². The van der Waals surface area contributed by atoms with Crippen LogP contribution in [0.5, 0.6) is 0 Å². The Morgan fingerprint density at radius 1 is 1.08 bits per heavy atom. The van der Waals surface area contributed by atoms with Crippen LogP contribution in [0.2, 0.25) is 0 Å². The fraction of sp³-hybridized carbons (Fsp3) is 0.118. The molecule has 0 aromatic heterocycles. The first kappa shape index (κ1) is 17.8. The monoisotopic (exact) mass is 342 g/mol. The number of ether oxygens (including phenoxy) is 1. The molecule has 0 bridgehead atoms. The van der Waals surface area contributed by atoms with Crippen LogP contribution in [0, 0.1) is 10.1 Å². The molecule has 0 spiro atoms. The van der Waals surface area contributed by atoms with Gasteiger partial charge in [0.2, 0.25) is 0 Å². The number of carbonyl (C=O) groups is 3. The van der Waals surface area contributed by atoms with Gasteiger partial charge in [0.25, 0.3) is 11.6 Å². The minimum Gasteiger partial charge on any atom is -0.452 e. The molecule has 2 aromatic carbocycles. The molecule has 0 radical (unpaired) electrons. The van der Waals surface area contributed by atoms with Crippen molar-refractivity contribution < 1.29 is 24.0 Å². The van der Waals surface area contributed by atoms with E-state index >= 15 is 0 Å². The van der Waals surface area contributed by atoms with E-state index in [2.05, 4.69) is 5.32 Å². The number of Topliss-reactive ketones (excluding diaryl/α,β-unsaturated/α-hetero) is 1. The van der Waals surface area contributed by atoms with Crippen LogP contribution in [0.1, 0.15) is 27.6 Å². The highest BCUT2D eigenvalue weighted by Gasteiger charge is 2.13. The number of hydrogen-bond acceptors (Lipinski definition) is 6. The number of amides is 1. The number of nitro benzene ring substituents is 1. The molecule has 128 valence electrons. The molecule has 1 N–H and O–H groups in total. The zero-order chi connectivity index (χ0) is 18.4. The van der Waals surface area contributed by atoms with Gasteiger partial charge in [-0.15, -0.1) is 0 Å². The number of hydrogen-bond donors (Lipinski definition) is 1. The van der Waals surface area contributed by atoms with Crippen molar-refractivity contribution in [2.45, 2.75) is 6.92 Å². The molecular formula is C17H14N2O6. The minimum atomic E-state index is -0.775. The van der Waals surface area contributed by atoms with Gasteiger partial charge in [-0.3, -0.25) is 19.7 Å². The van der Waals surface area contributed by atoms with E-state index in [1.54, 1.807) is 18.2 Å². The number of carbonyl (C=O) groups excluding carboxylic acids is 3. The number of ketones is 1. The van der Waals surface area contributed by atoms with E-state index in [0.29, 0.717) is 11.3 Å². The first-order valence-corrected chi connectivity index (χ1v) is 7.19. The molecule has 0 aliphatic rings. The molecule has 2 rings (SSSR count). The van der Waals surface area contributed by atoms with Crippen molar-refractivity contribution in [2.24, 2.45) is 0 Å². The predicted molar refractivity (Wildman–Crippen MR) is 88.5 cm³/mol. The third-order valence-corrected chi connectivity index (χ3v) is 3.20. The Morgan fingerprint density at radius 3 is 2.36 bits per heavy atom. The van der Waals surface area contributed by atoms with Crippen molar-refractivity contribution >= 4 is 29.0 Å². The van der Waals surface area contributed by atoms with Gasteiger partial charge in [-0.25, -0.2) is 4.79 Å². The molecule has 1 amide bonds. The van der Waals surface area contributed by atoms with Gasteiger partial charge in [0.15, 0.2) is 12.4 Å². The Bertz CT molecular complexity index is 829. The Labute approximate surface area is 142 Å². The first-order chi connectivity index (χ1) is 11.9. The summed E-state index contributed by atoms with van der Waals surface area (Å²) in [5.74, 6) is -1.49. The van der Waals surface area contributed by atoms with Crippen molar-refractivity contribution in [3.63, 3.8) is 0 Å². The average molecular weight is 342 g/mol. The lowest BCUT2D eigenvalue weighted by Gasteiger charge is -2.07. The highest BCUT2D eigenvalue weighted by molar-refractivity contribution is 5.98. The lowest BCUT2D eigenvalue weighted by Crippen LogP contribution is -2.21. The van der Waals surface area contributed by atoms with Crippen molar-refractivity contribution in [2.75, 3.05) is 11.9 Å². The lowest BCUT2D eigenvalue weighted by molar-refractivity contribution is -0.384. The van der Waals surface area contributed by atoms with E-state index in [1.807, 2.05) is 0 Å². The molecule has 0 saturated heterocycles. The number of nitrogens with one attached hydrogen (secondary N) is 1. The third kappa shape index (κ3) is 4.96. The molecule has 25 heavy (non-hydrogen) atoms. The number of nitrogens with zero attached hydrogens (tertiary/aromatic N) is 1. The maximum atomic E-state index is 11.8. The summed E-state index contributed by atoms with van der Waals surface area (Å²) in [7, 11) is 0. The summed E-state index contributed by atoms with van der Waals surface area (Å²) >= 11 is 0. The fourth-order valence-corrected chi connectivity index (χ4v) is 1.95. The Kier molecular flexibility index (Phi) is 5.57. The third-order valence-electron chi connectivity index (χ3n) is 3.20. The van der Waals surface area contributed by atoms with Gasteiger partial charge in [0, 0.05) is 23.4 Å². The molecule has 0 aliphatic carbocycles. The zero-order valence-electron chi connectivity index (χ0n) is 13.2. The summed E-state index contributed by atoms with van der Waals surface area (Å²) in [4.78, 5) is 44.9. The molecule has 0 fully saturated rings. The fourth-order valence-electron chi connectivity index (χ4n) is 1.95. The molecule has 0 atom stereocenters. The number of anilines is 1. The second-order valence-electron chi connectivity index (χ2n) is 5.07. The van der Waals surface area contributed by atoms with Crippen LogP contribution in [0.3, 0.4) is 0 Å². The Hall–Kier alpha value is -3.55. The second kappa shape index (κ2) is 7.82. The number of non-ortho nitro benzene ring substituents is 1. The Balaban J connectivity index is 1.91. The van der Waals surface area contributed by atoms with Gasteiger partial charge in [0.1, 0.15) is 0 Å². The first-order valence-electron chi connectivity index (χ1n) is 7.19. The largest absolute Gasteiger partial charge is 0.452 e. The molecule has 0 aliphatic heterocycles. The van der Waals surface area contributed by atoms with Crippen LogP contribution in [-0.2, 0) is 9.53 Å². The summed E-state index contributed by atoms with van der Waals surface area (Å²) in [6, 6.07) is 11.2. The van der Waals surface area contributed by atoms with E-state index < -0.39 is 23.4 Å². The molecule has 0 heterocycles. The molecule has 8 nitrogen and oxygen atoms in total. The van der Waals surface area contributed by atoms with E-state index in [0.717, 1.165) is 0 Å². The number of rotatable bonds is 6. The maximum Gasteiger partial charge on any atom is 0.338 e. The van der Waals surface area contributed by atoms with Gasteiger partial charge in [-0.2, -0.15) is 0 Å². The maximum absolute atomic E-state index is 11.8. The molecule has 8 heteroatoms. The SMILES string of the molecule is CC(=O)c1cccc(NC(=O)COC(=O)c2ccc([N+](=O)[O-])cc2)c1. The summed E-state index contributed by atoms with van der Waals surface area (Å²) in [5.41, 5.74) is 0.793. The van der Waals surface area contributed by atoms with Crippen molar-refractivity contribution in [3.8, 4) is 0 Å². The molecule has 0 saturated carbocycles. The van der Waals surface area contributed by atoms with Crippen LogP contribution in [0.15, 0.2) is 48.5 Å². The van der Waals surface area contributed by atoms with E-state index in [4.69, 9.17) is 4.74 Å². The molecule has 0 unspecified atom stereocenters. The van der Waals surface area contributed by atoms with Crippen molar-refractivity contribution in [3.05, 3.63) is 69.8 Å². The predicted octanol–water partition coefficient (Wildman–Crippen LogP) is 2.59.